The predicted octanol–water partition coefficient (Wildman–Crippen LogP) is 1.36. The molecule has 1 aromatic heterocycles. The van der Waals surface area contributed by atoms with Gasteiger partial charge in [0, 0.05) is 27.2 Å². The first-order valence-corrected chi connectivity index (χ1v) is 8.99. The molecule has 2 rings (SSSR count). The van der Waals surface area contributed by atoms with Crippen LogP contribution in [0.25, 0.3) is 0 Å². The van der Waals surface area contributed by atoms with Crippen molar-refractivity contribution in [3.05, 3.63) is 48.2 Å². The quantitative estimate of drug-likeness (QED) is 0.213. The summed E-state index contributed by atoms with van der Waals surface area (Å²) >= 11 is 0. The summed E-state index contributed by atoms with van der Waals surface area (Å²) < 4.78 is 5.51. The van der Waals surface area contributed by atoms with Crippen LogP contribution in [0.1, 0.15) is 16.1 Å². The van der Waals surface area contributed by atoms with E-state index in [0.29, 0.717) is 34.8 Å². The van der Waals surface area contributed by atoms with Gasteiger partial charge in [-0.2, -0.15) is 0 Å². The van der Waals surface area contributed by atoms with E-state index in [2.05, 4.69) is 42.7 Å². The van der Waals surface area contributed by atoms with E-state index >= 15 is 0 Å². The average Bonchev–Trinajstić information content (AvgIpc) is 2.81. The number of nitrogens with zero attached hydrogens (tertiary/aromatic N) is 4. The highest BCUT2D eigenvalue weighted by molar-refractivity contribution is 6.05. The standard InChI is InChI=1S/C17H22N8O2.C3H4O/c1-19-9-22-16(18)10-6-5-7-11(15(10)27-4)23-12-8-13(20-2)24-25-14(12)17(26)21-3;1-2-3-4/h5-9H,1-4H3,(H,21,26)(H2,18,19,22)(H2,20,23,24);2-3H,1H2. The van der Waals surface area contributed by atoms with Crippen LogP contribution in [-0.2, 0) is 4.79 Å². The first-order chi connectivity index (χ1) is 15.0. The van der Waals surface area contributed by atoms with Gasteiger partial charge in [0.15, 0.2) is 17.3 Å². The Morgan fingerprint density at radius 1 is 1.26 bits per heavy atom. The van der Waals surface area contributed by atoms with Crippen molar-refractivity contribution in [3.63, 3.8) is 0 Å². The summed E-state index contributed by atoms with van der Waals surface area (Å²) in [5.74, 6) is 0.842. The number of hydrogen-bond donors (Lipinski definition) is 4. The topological polar surface area (TPSA) is 156 Å². The molecule has 11 nitrogen and oxygen atoms in total. The van der Waals surface area contributed by atoms with E-state index < -0.39 is 0 Å². The number of nitrogens with two attached hydrogens (primary N) is 1. The molecule has 0 aliphatic carbocycles. The van der Waals surface area contributed by atoms with Gasteiger partial charge in [-0.3, -0.25) is 14.6 Å². The molecule has 0 radical (unpaired) electrons. The van der Waals surface area contributed by atoms with E-state index in [4.69, 9.17) is 15.3 Å². The molecule has 1 heterocycles. The normalized spacial score (nSPS) is 10.5. The number of amides is 1. The van der Waals surface area contributed by atoms with E-state index in [0.717, 1.165) is 0 Å². The Labute approximate surface area is 180 Å². The number of rotatable bonds is 8. The summed E-state index contributed by atoms with van der Waals surface area (Å²) in [7, 11) is 6.35. The minimum atomic E-state index is -0.372. The van der Waals surface area contributed by atoms with Crippen LogP contribution in [0.2, 0.25) is 0 Å². The number of carbonyl (C=O) groups is 2. The second kappa shape index (κ2) is 13.0. The van der Waals surface area contributed by atoms with Gasteiger partial charge in [0.1, 0.15) is 18.5 Å². The van der Waals surface area contributed by atoms with Gasteiger partial charge in [-0.1, -0.05) is 12.6 Å². The average molecular weight is 426 g/mol. The maximum Gasteiger partial charge on any atom is 0.273 e. The molecule has 0 aliphatic heterocycles. The van der Waals surface area contributed by atoms with E-state index in [9.17, 15) is 4.79 Å². The molecule has 1 amide bonds. The lowest BCUT2D eigenvalue weighted by molar-refractivity contribution is -0.104. The van der Waals surface area contributed by atoms with Crippen LogP contribution in [0.4, 0.5) is 17.2 Å². The predicted molar refractivity (Wildman–Crippen MR) is 123 cm³/mol. The molecule has 0 spiro atoms. The van der Waals surface area contributed by atoms with Crippen LogP contribution >= 0.6 is 0 Å². The minimum Gasteiger partial charge on any atom is -0.494 e. The summed E-state index contributed by atoms with van der Waals surface area (Å²) in [4.78, 5) is 29.0. The van der Waals surface area contributed by atoms with E-state index in [1.165, 1.54) is 26.6 Å². The zero-order chi connectivity index (χ0) is 23.2. The second-order valence-electron chi connectivity index (χ2n) is 5.59. The van der Waals surface area contributed by atoms with Crippen LogP contribution in [0.3, 0.4) is 0 Å². The third kappa shape index (κ3) is 6.92. The number of aromatic nitrogens is 2. The second-order valence-corrected chi connectivity index (χ2v) is 5.59. The number of benzene rings is 1. The number of methoxy groups -OCH3 is 1. The molecule has 164 valence electrons. The maximum absolute atomic E-state index is 12.1. The van der Waals surface area contributed by atoms with Crippen molar-refractivity contribution in [2.75, 3.05) is 38.9 Å². The van der Waals surface area contributed by atoms with E-state index in [-0.39, 0.29) is 17.4 Å². The lowest BCUT2D eigenvalue weighted by Crippen LogP contribution is -2.21. The molecule has 0 bridgehead atoms. The molecule has 0 unspecified atom stereocenters. The highest BCUT2D eigenvalue weighted by Gasteiger charge is 2.17. The molecule has 0 atom stereocenters. The van der Waals surface area contributed by atoms with Crippen molar-refractivity contribution >= 4 is 41.6 Å². The van der Waals surface area contributed by atoms with Gasteiger partial charge < -0.3 is 26.4 Å². The Morgan fingerprint density at radius 2 is 1.97 bits per heavy atom. The zero-order valence-corrected chi connectivity index (χ0v) is 17.8. The maximum atomic E-state index is 12.1. The van der Waals surface area contributed by atoms with Crippen LogP contribution in [0.5, 0.6) is 5.75 Å². The smallest absolute Gasteiger partial charge is 0.273 e. The molecule has 2 aromatic rings. The van der Waals surface area contributed by atoms with Gasteiger partial charge in [0.25, 0.3) is 5.91 Å². The van der Waals surface area contributed by atoms with Crippen molar-refractivity contribution in [1.29, 1.82) is 0 Å². The third-order valence-corrected chi connectivity index (χ3v) is 3.67. The van der Waals surface area contributed by atoms with Gasteiger partial charge in [-0.25, -0.2) is 4.99 Å². The monoisotopic (exact) mass is 426 g/mol. The zero-order valence-electron chi connectivity index (χ0n) is 17.8. The summed E-state index contributed by atoms with van der Waals surface area (Å²) in [5.41, 5.74) is 7.78. The van der Waals surface area contributed by atoms with Crippen molar-refractivity contribution in [1.82, 2.24) is 15.5 Å². The Morgan fingerprint density at radius 3 is 2.52 bits per heavy atom. The van der Waals surface area contributed by atoms with Gasteiger partial charge in [0.2, 0.25) is 0 Å². The lowest BCUT2D eigenvalue weighted by Gasteiger charge is -2.16. The first-order valence-electron chi connectivity index (χ1n) is 8.99. The highest BCUT2D eigenvalue weighted by Crippen LogP contribution is 2.32. The number of aldehydes is 1. The van der Waals surface area contributed by atoms with Gasteiger partial charge >= 0.3 is 0 Å². The number of nitrogens with one attached hydrogen (secondary N) is 3. The molecular formula is C20H26N8O3. The lowest BCUT2D eigenvalue weighted by atomic mass is 10.1. The fraction of sp³-hybridized carbons (Fsp3) is 0.200. The van der Waals surface area contributed by atoms with Gasteiger partial charge in [-0.15, -0.1) is 10.2 Å². The molecule has 0 saturated carbocycles. The minimum absolute atomic E-state index is 0.142. The summed E-state index contributed by atoms with van der Waals surface area (Å²) in [6.07, 6.45) is 3.19. The number of carbonyl (C=O) groups excluding carboxylic acids is 2. The van der Waals surface area contributed by atoms with Crippen LogP contribution in [0, 0.1) is 0 Å². The Balaban J connectivity index is 0.00000110. The third-order valence-electron chi connectivity index (χ3n) is 3.67. The van der Waals surface area contributed by atoms with Gasteiger partial charge in [0.05, 0.1) is 24.0 Å². The van der Waals surface area contributed by atoms with Crippen LogP contribution in [0.15, 0.2) is 46.9 Å². The molecule has 0 aliphatic rings. The largest absolute Gasteiger partial charge is 0.494 e. The van der Waals surface area contributed by atoms with Crippen LogP contribution in [-0.4, -0.2) is 62.8 Å². The number of allylic oxidation sites excluding steroid dienone is 1. The van der Waals surface area contributed by atoms with Crippen LogP contribution < -0.4 is 26.4 Å². The van der Waals surface area contributed by atoms with Crippen molar-refractivity contribution in [2.45, 2.75) is 0 Å². The van der Waals surface area contributed by atoms with Crippen molar-refractivity contribution in [3.8, 4) is 5.75 Å². The Hall–Kier alpha value is -4.28. The fourth-order valence-electron chi connectivity index (χ4n) is 2.29. The number of para-hydroxylation sites is 1. The van der Waals surface area contributed by atoms with Gasteiger partial charge in [-0.05, 0) is 18.2 Å². The SMILES string of the molecule is C=CC=O.CN=CN=C(N)c1cccc(Nc2cc(NC)nnc2C(=O)NC)c1OC. The molecule has 11 heteroatoms. The molecular weight excluding hydrogens is 400 g/mol. The Bertz CT molecular complexity index is 967. The first kappa shape index (κ1) is 24.8. The van der Waals surface area contributed by atoms with Crippen molar-refractivity contribution < 1.29 is 14.3 Å². The molecule has 1 aromatic carbocycles. The number of amidine groups is 1. The summed E-state index contributed by atoms with van der Waals surface area (Å²) in [6, 6.07) is 7.02. The van der Waals surface area contributed by atoms with Crippen molar-refractivity contribution in [2.24, 2.45) is 15.7 Å². The Kier molecular flexibility index (Phi) is 10.4. The van der Waals surface area contributed by atoms with E-state index in [1.807, 2.05) is 0 Å². The molecule has 5 N–H and O–H groups in total. The molecule has 0 fully saturated rings. The molecule has 31 heavy (non-hydrogen) atoms. The molecule has 0 saturated heterocycles. The fourth-order valence-corrected chi connectivity index (χ4v) is 2.29. The number of anilines is 3. The van der Waals surface area contributed by atoms with E-state index in [1.54, 1.807) is 38.4 Å². The number of aliphatic imine (C=N–C) groups is 2. The summed E-state index contributed by atoms with van der Waals surface area (Å²) in [5, 5.41) is 16.5. The number of hydrogen-bond acceptors (Lipinski definition) is 8. The summed E-state index contributed by atoms with van der Waals surface area (Å²) in [6.45, 7) is 3.11. The number of ether oxygens (including phenoxy) is 1. The highest BCUT2D eigenvalue weighted by atomic mass is 16.5.